The van der Waals surface area contributed by atoms with Crippen LogP contribution in [-0.2, 0) is 22.6 Å². The molecule has 5 nitrogen and oxygen atoms in total. The SMILES string of the molecule is COC(=O)Cc1ccc(OCc2ccon2)cc1. The van der Waals surface area contributed by atoms with E-state index < -0.39 is 0 Å². The van der Waals surface area contributed by atoms with E-state index in [2.05, 4.69) is 9.89 Å². The van der Waals surface area contributed by atoms with Crippen LogP contribution in [0.3, 0.4) is 0 Å². The first-order valence-corrected chi connectivity index (χ1v) is 5.46. The molecule has 2 aromatic rings. The topological polar surface area (TPSA) is 61.6 Å². The number of ether oxygens (including phenoxy) is 2. The fourth-order valence-corrected chi connectivity index (χ4v) is 1.41. The van der Waals surface area contributed by atoms with Crippen molar-refractivity contribution >= 4 is 5.97 Å². The summed E-state index contributed by atoms with van der Waals surface area (Å²) in [5.41, 5.74) is 1.62. The Balaban J connectivity index is 1.89. The molecule has 0 spiro atoms. The third-order valence-corrected chi connectivity index (χ3v) is 2.38. The number of aromatic nitrogens is 1. The lowest BCUT2D eigenvalue weighted by molar-refractivity contribution is -0.139. The Morgan fingerprint density at radius 1 is 1.28 bits per heavy atom. The summed E-state index contributed by atoms with van der Waals surface area (Å²) in [5.74, 6) is 0.456. The second-order valence-electron chi connectivity index (χ2n) is 3.68. The zero-order chi connectivity index (χ0) is 12.8. The van der Waals surface area contributed by atoms with Gasteiger partial charge in [0.15, 0.2) is 0 Å². The molecule has 2 rings (SSSR count). The quantitative estimate of drug-likeness (QED) is 0.756. The van der Waals surface area contributed by atoms with Crippen LogP contribution in [0.15, 0.2) is 41.1 Å². The van der Waals surface area contributed by atoms with Gasteiger partial charge in [-0.15, -0.1) is 0 Å². The highest BCUT2D eigenvalue weighted by Gasteiger charge is 2.03. The van der Waals surface area contributed by atoms with E-state index in [0.29, 0.717) is 12.4 Å². The number of nitrogens with zero attached hydrogens (tertiary/aromatic N) is 1. The van der Waals surface area contributed by atoms with Gasteiger partial charge in [-0.2, -0.15) is 0 Å². The molecule has 0 saturated carbocycles. The summed E-state index contributed by atoms with van der Waals surface area (Å²) in [6.45, 7) is 0.354. The van der Waals surface area contributed by atoms with Crippen molar-refractivity contribution in [1.29, 1.82) is 0 Å². The second kappa shape index (κ2) is 5.86. The fourth-order valence-electron chi connectivity index (χ4n) is 1.41. The standard InChI is InChI=1S/C13H13NO4/c1-16-13(15)8-10-2-4-12(5-3-10)17-9-11-6-7-18-14-11/h2-7H,8-9H2,1H3. The van der Waals surface area contributed by atoms with Crippen LogP contribution in [0.4, 0.5) is 0 Å². The van der Waals surface area contributed by atoms with E-state index >= 15 is 0 Å². The molecular weight excluding hydrogens is 234 g/mol. The number of carbonyl (C=O) groups excluding carboxylic acids is 1. The predicted octanol–water partition coefficient (Wildman–Crippen LogP) is 1.97. The first-order valence-electron chi connectivity index (χ1n) is 5.46. The highest BCUT2D eigenvalue weighted by Crippen LogP contribution is 2.14. The average Bonchev–Trinajstić information content (AvgIpc) is 2.91. The smallest absolute Gasteiger partial charge is 0.309 e. The molecule has 1 heterocycles. The van der Waals surface area contributed by atoms with Crippen LogP contribution in [0, 0.1) is 0 Å². The van der Waals surface area contributed by atoms with Crippen molar-refractivity contribution < 1.29 is 18.8 Å². The van der Waals surface area contributed by atoms with Gasteiger partial charge in [0.1, 0.15) is 24.3 Å². The maximum Gasteiger partial charge on any atom is 0.309 e. The number of hydrogen-bond donors (Lipinski definition) is 0. The number of hydrogen-bond acceptors (Lipinski definition) is 5. The average molecular weight is 247 g/mol. The molecule has 0 amide bonds. The van der Waals surface area contributed by atoms with Crippen LogP contribution in [0.2, 0.25) is 0 Å². The van der Waals surface area contributed by atoms with Crippen molar-refractivity contribution in [3.8, 4) is 5.75 Å². The Labute approximate surface area is 104 Å². The van der Waals surface area contributed by atoms with Crippen LogP contribution < -0.4 is 4.74 Å². The van der Waals surface area contributed by atoms with Crippen molar-refractivity contribution in [3.63, 3.8) is 0 Å². The minimum atomic E-state index is -0.258. The van der Waals surface area contributed by atoms with Gasteiger partial charge in [0.05, 0.1) is 13.5 Å². The highest BCUT2D eigenvalue weighted by atomic mass is 16.5. The van der Waals surface area contributed by atoms with E-state index in [1.165, 1.54) is 13.4 Å². The second-order valence-corrected chi connectivity index (χ2v) is 3.68. The van der Waals surface area contributed by atoms with Crippen molar-refractivity contribution in [3.05, 3.63) is 47.9 Å². The maximum atomic E-state index is 11.1. The van der Waals surface area contributed by atoms with E-state index in [4.69, 9.17) is 9.26 Å². The van der Waals surface area contributed by atoms with Gasteiger partial charge >= 0.3 is 5.97 Å². The molecule has 0 radical (unpaired) electrons. The Morgan fingerprint density at radius 2 is 2.06 bits per heavy atom. The summed E-state index contributed by atoms with van der Waals surface area (Å²) >= 11 is 0. The lowest BCUT2D eigenvalue weighted by atomic mass is 10.1. The number of methoxy groups -OCH3 is 1. The lowest BCUT2D eigenvalue weighted by Crippen LogP contribution is -2.04. The molecule has 5 heteroatoms. The van der Waals surface area contributed by atoms with Gasteiger partial charge in [0.2, 0.25) is 0 Å². The molecule has 0 atom stereocenters. The molecule has 94 valence electrons. The predicted molar refractivity (Wildman–Crippen MR) is 63.0 cm³/mol. The molecule has 1 aromatic carbocycles. The van der Waals surface area contributed by atoms with Crippen LogP contribution in [-0.4, -0.2) is 18.2 Å². The summed E-state index contributed by atoms with van der Waals surface area (Å²) in [4.78, 5) is 11.1. The van der Waals surface area contributed by atoms with E-state index in [-0.39, 0.29) is 12.4 Å². The third-order valence-electron chi connectivity index (χ3n) is 2.38. The Hall–Kier alpha value is -2.30. The summed E-state index contributed by atoms with van der Waals surface area (Å²) < 4.78 is 14.8. The first-order chi connectivity index (χ1) is 8.78. The van der Waals surface area contributed by atoms with E-state index in [1.54, 1.807) is 18.2 Å². The van der Waals surface area contributed by atoms with Crippen molar-refractivity contribution in [2.75, 3.05) is 7.11 Å². The van der Waals surface area contributed by atoms with E-state index in [1.807, 2.05) is 12.1 Å². The maximum absolute atomic E-state index is 11.1. The minimum absolute atomic E-state index is 0.258. The van der Waals surface area contributed by atoms with E-state index in [9.17, 15) is 4.79 Å². The molecule has 0 fully saturated rings. The van der Waals surface area contributed by atoms with Gasteiger partial charge in [-0.3, -0.25) is 4.79 Å². The summed E-state index contributed by atoms with van der Waals surface area (Å²) in [5, 5.41) is 3.74. The van der Waals surface area contributed by atoms with Crippen molar-refractivity contribution in [2.24, 2.45) is 0 Å². The number of carbonyl (C=O) groups is 1. The van der Waals surface area contributed by atoms with Crippen LogP contribution in [0.25, 0.3) is 0 Å². The number of benzene rings is 1. The minimum Gasteiger partial charge on any atom is -0.487 e. The molecule has 1 aromatic heterocycles. The normalized spacial score (nSPS) is 10.1. The Bertz CT molecular complexity index is 490. The van der Waals surface area contributed by atoms with Crippen LogP contribution >= 0.6 is 0 Å². The molecule has 0 unspecified atom stereocenters. The molecular formula is C13H13NO4. The Morgan fingerprint density at radius 3 is 2.67 bits per heavy atom. The van der Waals surface area contributed by atoms with Crippen molar-refractivity contribution in [1.82, 2.24) is 5.16 Å². The Kier molecular flexibility index (Phi) is 3.96. The molecule has 0 saturated heterocycles. The molecule has 18 heavy (non-hydrogen) atoms. The fraction of sp³-hybridized carbons (Fsp3) is 0.231. The molecule has 0 aliphatic heterocycles. The van der Waals surface area contributed by atoms with Gasteiger partial charge in [0.25, 0.3) is 0 Å². The molecule has 0 aliphatic carbocycles. The van der Waals surface area contributed by atoms with Gasteiger partial charge in [-0.25, -0.2) is 0 Å². The molecule has 0 N–H and O–H groups in total. The lowest BCUT2D eigenvalue weighted by Gasteiger charge is -2.05. The molecule has 0 aliphatic rings. The zero-order valence-corrected chi connectivity index (χ0v) is 9.96. The summed E-state index contributed by atoms with van der Waals surface area (Å²) in [7, 11) is 1.37. The van der Waals surface area contributed by atoms with Crippen LogP contribution in [0.1, 0.15) is 11.3 Å². The zero-order valence-electron chi connectivity index (χ0n) is 9.96. The van der Waals surface area contributed by atoms with Gasteiger partial charge in [-0.05, 0) is 17.7 Å². The van der Waals surface area contributed by atoms with Gasteiger partial charge in [-0.1, -0.05) is 17.3 Å². The largest absolute Gasteiger partial charge is 0.487 e. The van der Waals surface area contributed by atoms with Crippen LogP contribution in [0.5, 0.6) is 5.75 Å². The third kappa shape index (κ3) is 3.35. The highest BCUT2D eigenvalue weighted by molar-refractivity contribution is 5.72. The monoisotopic (exact) mass is 247 g/mol. The molecule has 0 bridgehead atoms. The number of rotatable bonds is 5. The number of esters is 1. The van der Waals surface area contributed by atoms with Gasteiger partial charge in [0, 0.05) is 6.07 Å². The van der Waals surface area contributed by atoms with Crippen molar-refractivity contribution in [2.45, 2.75) is 13.0 Å². The summed E-state index contributed by atoms with van der Waals surface area (Å²) in [6.07, 6.45) is 1.76. The summed E-state index contributed by atoms with van der Waals surface area (Å²) in [6, 6.07) is 9.01. The van der Waals surface area contributed by atoms with Gasteiger partial charge < -0.3 is 14.0 Å². The van der Waals surface area contributed by atoms with E-state index in [0.717, 1.165) is 11.3 Å². The first kappa shape index (κ1) is 12.2.